The number of methoxy groups -OCH3 is 1. The van der Waals surface area contributed by atoms with Gasteiger partial charge in [-0.25, -0.2) is 9.18 Å². The Hall–Kier alpha value is -2.05. The third kappa shape index (κ3) is 5.41. The molecular weight excluding hydrogens is 268 g/mol. The molecular formula is C12H10F4O3. The van der Waals surface area contributed by atoms with Gasteiger partial charge in [-0.05, 0) is 23.8 Å². The Morgan fingerprint density at radius 1 is 1.26 bits per heavy atom. The Bertz CT molecular complexity index is 451. The molecule has 7 heteroatoms. The normalized spacial score (nSPS) is 13.3. The fraction of sp³-hybridized carbons (Fsp3) is 0.250. The van der Waals surface area contributed by atoms with Crippen molar-refractivity contribution >= 4 is 12.0 Å². The zero-order chi connectivity index (χ0) is 14.5. The van der Waals surface area contributed by atoms with Gasteiger partial charge in [-0.1, -0.05) is 18.2 Å². The molecule has 1 rings (SSSR count). The smallest absolute Gasteiger partial charge is 0.467 e. The molecule has 0 N–H and O–H groups in total. The lowest BCUT2D eigenvalue weighted by Gasteiger charge is -2.08. The molecule has 0 unspecified atom stereocenters. The lowest BCUT2D eigenvalue weighted by Crippen LogP contribution is -2.16. The minimum atomic E-state index is -4.76. The molecule has 0 aliphatic carbocycles. The van der Waals surface area contributed by atoms with Gasteiger partial charge in [-0.2, -0.15) is 0 Å². The van der Waals surface area contributed by atoms with Crippen molar-refractivity contribution in [1.82, 2.24) is 0 Å². The van der Waals surface area contributed by atoms with Crippen molar-refractivity contribution in [3.05, 3.63) is 35.9 Å². The third-order valence-corrected chi connectivity index (χ3v) is 2.00. The molecule has 3 nitrogen and oxygen atoms in total. The van der Waals surface area contributed by atoms with Crippen molar-refractivity contribution in [1.29, 1.82) is 0 Å². The van der Waals surface area contributed by atoms with Gasteiger partial charge in [-0.3, -0.25) is 0 Å². The largest absolute Gasteiger partial charge is 0.573 e. The maximum absolute atomic E-state index is 13.0. The van der Waals surface area contributed by atoms with E-state index >= 15 is 0 Å². The topological polar surface area (TPSA) is 35.5 Å². The van der Waals surface area contributed by atoms with E-state index in [9.17, 15) is 22.4 Å². The zero-order valence-electron chi connectivity index (χ0n) is 9.78. The number of hydrogen-bond donors (Lipinski definition) is 0. The summed E-state index contributed by atoms with van der Waals surface area (Å²) in [5, 5.41) is 0. The van der Waals surface area contributed by atoms with Gasteiger partial charge in [0.1, 0.15) is 5.75 Å². The Labute approximate surface area is 106 Å². The second kappa shape index (κ2) is 6.21. The van der Waals surface area contributed by atoms with E-state index in [0.29, 0.717) is 5.56 Å². The highest BCUT2D eigenvalue weighted by molar-refractivity contribution is 5.78. The zero-order valence-corrected chi connectivity index (χ0v) is 9.78. The van der Waals surface area contributed by atoms with Crippen LogP contribution in [0.3, 0.4) is 0 Å². The van der Waals surface area contributed by atoms with E-state index in [4.69, 9.17) is 0 Å². The summed E-state index contributed by atoms with van der Waals surface area (Å²) in [5.74, 6) is -1.43. The van der Waals surface area contributed by atoms with E-state index < -0.39 is 18.5 Å². The molecule has 0 aliphatic rings. The maximum Gasteiger partial charge on any atom is 0.573 e. The molecule has 0 heterocycles. The molecule has 0 amide bonds. The number of ether oxygens (including phenoxy) is 2. The van der Waals surface area contributed by atoms with E-state index in [2.05, 4.69) is 9.47 Å². The van der Waals surface area contributed by atoms with Crippen LogP contribution in [0.2, 0.25) is 0 Å². The molecule has 19 heavy (non-hydrogen) atoms. The van der Waals surface area contributed by atoms with Crippen LogP contribution in [-0.2, 0) is 9.53 Å². The SMILES string of the molecule is COC(=O)[C@@H](F)/C=C\c1ccc(OC(F)(F)F)cc1. The van der Waals surface area contributed by atoms with Gasteiger partial charge in [0.25, 0.3) is 0 Å². The van der Waals surface area contributed by atoms with E-state index in [1.807, 2.05) is 0 Å². The Kier molecular flexibility index (Phi) is 4.91. The molecule has 0 radical (unpaired) electrons. The summed E-state index contributed by atoms with van der Waals surface area (Å²) in [6, 6.07) is 4.75. The Balaban J connectivity index is 2.67. The fourth-order valence-corrected chi connectivity index (χ4v) is 1.17. The van der Waals surface area contributed by atoms with E-state index in [0.717, 1.165) is 25.3 Å². The van der Waals surface area contributed by atoms with Crippen molar-refractivity contribution in [2.45, 2.75) is 12.5 Å². The number of carbonyl (C=O) groups is 1. The molecule has 0 saturated carbocycles. The van der Waals surface area contributed by atoms with Crippen LogP contribution in [0.25, 0.3) is 6.08 Å². The highest BCUT2D eigenvalue weighted by atomic mass is 19.4. The number of rotatable bonds is 4. The highest BCUT2D eigenvalue weighted by Gasteiger charge is 2.30. The fourth-order valence-electron chi connectivity index (χ4n) is 1.17. The van der Waals surface area contributed by atoms with Gasteiger partial charge in [-0.15, -0.1) is 13.2 Å². The van der Waals surface area contributed by atoms with Gasteiger partial charge in [0.15, 0.2) is 0 Å². The predicted molar refractivity (Wildman–Crippen MR) is 59.1 cm³/mol. The summed E-state index contributed by atoms with van der Waals surface area (Å²) in [4.78, 5) is 10.8. The standard InChI is InChI=1S/C12H10F4O3/c1-18-11(17)10(13)7-4-8-2-5-9(6-3-8)19-12(14,15)16/h2-7,10H,1H3/b7-4-/t10-/m0/s1. The van der Waals surface area contributed by atoms with Crippen LogP contribution in [-0.4, -0.2) is 25.6 Å². The van der Waals surface area contributed by atoms with Crippen LogP contribution < -0.4 is 4.74 Å². The predicted octanol–water partition coefficient (Wildman–Crippen LogP) is 3.11. The van der Waals surface area contributed by atoms with E-state index in [1.165, 1.54) is 18.2 Å². The van der Waals surface area contributed by atoms with Gasteiger partial charge in [0.2, 0.25) is 6.17 Å². The first-order valence-electron chi connectivity index (χ1n) is 5.08. The van der Waals surface area contributed by atoms with Crippen LogP contribution in [0.15, 0.2) is 30.3 Å². The number of esters is 1. The summed E-state index contributed by atoms with van der Waals surface area (Å²) < 4.78 is 56.5. The van der Waals surface area contributed by atoms with Crippen molar-refractivity contribution in [3.63, 3.8) is 0 Å². The minimum absolute atomic E-state index is 0.380. The summed E-state index contributed by atoms with van der Waals surface area (Å²) in [6.45, 7) is 0. The molecule has 0 bridgehead atoms. The summed E-state index contributed by atoms with van der Waals surface area (Å²) in [7, 11) is 1.05. The number of carbonyl (C=O) groups excluding carboxylic acids is 1. The average molecular weight is 278 g/mol. The first-order valence-corrected chi connectivity index (χ1v) is 5.08. The van der Waals surface area contributed by atoms with Crippen molar-refractivity contribution < 1.29 is 31.8 Å². The molecule has 1 atom stereocenters. The van der Waals surface area contributed by atoms with Gasteiger partial charge >= 0.3 is 12.3 Å². The summed E-state index contributed by atoms with van der Waals surface area (Å²) in [5.41, 5.74) is 0.418. The van der Waals surface area contributed by atoms with E-state index in [1.54, 1.807) is 0 Å². The molecule has 0 saturated heterocycles. The number of halogens is 4. The van der Waals surface area contributed by atoms with Gasteiger partial charge in [0, 0.05) is 0 Å². The highest BCUT2D eigenvalue weighted by Crippen LogP contribution is 2.23. The molecule has 0 aliphatic heterocycles. The van der Waals surface area contributed by atoms with Crippen LogP contribution in [0, 0.1) is 0 Å². The molecule has 0 aromatic heterocycles. The first kappa shape index (κ1) is 15.0. The molecule has 0 spiro atoms. The number of alkyl halides is 4. The van der Waals surface area contributed by atoms with E-state index in [-0.39, 0.29) is 5.75 Å². The minimum Gasteiger partial charge on any atom is -0.467 e. The number of hydrogen-bond acceptors (Lipinski definition) is 3. The average Bonchev–Trinajstić information content (AvgIpc) is 2.34. The molecule has 1 aromatic rings. The maximum atomic E-state index is 13.0. The van der Waals surface area contributed by atoms with Gasteiger partial charge < -0.3 is 9.47 Å². The Morgan fingerprint density at radius 3 is 2.32 bits per heavy atom. The van der Waals surface area contributed by atoms with Crippen LogP contribution in [0.5, 0.6) is 5.75 Å². The van der Waals surface area contributed by atoms with Crippen LogP contribution in [0.4, 0.5) is 17.6 Å². The second-order valence-electron chi connectivity index (χ2n) is 3.40. The lowest BCUT2D eigenvalue weighted by molar-refractivity contribution is -0.274. The molecule has 104 valence electrons. The second-order valence-corrected chi connectivity index (χ2v) is 3.40. The quantitative estimate of drug-likeness (QED) is 0.627. The Morgan fingerprint density at radius 2 is 1.84 bits per heavy atom. The summed E-state index contributed by atoms with van der Waals surface area (Å²) in [6.07, 6.45) is -4.49. The number of benzene rings is 1. The molecule has 0 fully saturated rings. The monoisotopic (exact) mass is 278 g/mol. The van der Waals surface area contributed by atoms with Crippen molar-refractivity contribution in [3.8, 4) is 5.75 Å². The third-order valence-electron chi connectivity index (χ3n) is 2.00. The van der Waals surface area contributed by atoms with Crippen LogP contribution >= 0.6 is 0 Å². The van der Waals surface area contributed by atoms with Gasteiger partial charge in [0.05, 0.1) is 7.11 Å². The lowest BCUT2D eigenvalue weighted by atomic mass is 10.2. The van der Waals surface area contributed by atoms with Crippen molar-refractivity contribution in [2.24, 2.45) is 0 Å². The molecule has 1 aromatic carbocycles. The summed E-state index contributed by atoms with van der Waals surface area (Å²) >= 11 is 0. The van der Waals surface area contributed by atoms with Crippen LogP contribution in [0.1, 0.15) is 5.56 Å². The van der Waals surface area contributed by atoms with Crippen molar-refractivity contribution in [2.75, 3.05) is 7.11 Å². The first-order chi connectivity index (χ1) is 8.81.